The number of aromatic hydroxyl groups is 1. The second-order valence-corrected chi connectivity index (χ2v) is 9.06. The Morgan fingerprint density at radius 1 is 1.12 bits per heavy atom. The number of hydrogen-bond acceptors (Lipinski definition) is 6. The van der Waals surface area contributed by atoms with Gasteiger partial charge in [-0.25, -0.2) is 0 Å². The number of hydrogen-bond donors (Lipinski definition) is 3. The first kappa shape index (κ1) is 22.9. The summed E-state index contributed by atoms with van der Waals surface area (Å²) in [5, 5.41) is 23.0. The monoisotopic (exact) mass is 494 g/mol. The number of nitrogens with one attached hydrogen (secondary N) is 2. The summed E-state index contributed by atoms with van der Waals surface area (Å²) >= 11 is 13.3. The van der Waals surface area contributed by atoms with Gasteiger partial charge in [0.2, 0.25) is 5.91 Å². The zero-order valence-electron chi connectivity index (χ0n) is 17.1. The molecule has 168 valence electrons. The number of halogens is 2. The SMILES string of the molecule is O=C(CSc1nnc(C[NH+]2CCOCC2)n1-c1ccc(Cl)cc1)Nc1cc(Cl)ccc1O. The molecule has 1 aliphatic rings. The Balaban J connectivity index is 1.51. The maximum absolute atomic E-state index is 12.5. The molecule has 11 heteroatoms. The Morgan fingerprint density at radius 2 is 1.84 bits per heavy atom. The molecule has 3 aromatic rings. The molecular weight excluding hydrogens is 473 g/mol. The lowest BCUT2D eigenvalue weighted by Crippen LogP contribution is -3.12. The van der Waals surface area contributed by atoms with Crippen molar-refractivity contribution in [1.29, 1.82) is 0 Å². The van der Waals surface area contributed by atoms with Crippen molar-refractivity contribution in [2.45, 2.75) is 11.7 Å². The Kier molecular flexibility index (Phi) is 7.54. The molecule has 4 rings (SSSR count). The Bertz CT molecular complexity index is 1090. The van der Waals surface area contributed by atoms with E-state index in [1.807, 2.05) is 28.8 Å². The Morgan fingerprint density at radius 3 is 2.59 bits per heavy atom. The van der Waals surface area contributed by atoms with E-state index in [1.165, 1.54) is 28.8 Å². The first-order chi connectivity index (χ1) is 15.5. The van der Waals surface area contributed by atoms with Crippen molar-refractivity contribution in [2.24, 2.45) is 0 Å². The van der Waals surface area contributed by atoms with E-state index in [1.54, 1.807) is 6.07 Å². The lowest BCUT2D eigenvalue weighted by molar-refractivity contribution is -0.922. The molecule has 32 heavy (non-hydrogen) atoms. The maximum Gasteiger partial charge on any atom is 0.234 e. The highest BCUT2D eigenvalue weighted by Crippen LogP contribution is 2.27. The normalized spacial score (nSPS) is 14.4. The molecule has 2 heterocycles. The van der Waals surface area contributed by atoms with Crippen LogP contribution >= 0.6 is 35.0 Å². The van der Waals surface area contributed by atoms with E-state index in [0.717, 1.165) is 37.8 Å². The van der Waals surface area contributed by atoms with Crippen LogP contribution in [0.25, 0.3) is 5.69 Å². The van der Waals surface area contributed by atoms with Gasteiger partial charge in [-0.3, -0.25) is 9.36 Å². The van der Waals surface area contributed by atoms with Gasteiger partial charge in [0.1, 0.15) is 25.4 Å². The summed E-state index contributed by atoms with van der Waals surface area (Å²) in [5.41, 5.74) is 1.14. The van der Waals surface area contributed by atoms with Crippen LogP contribution in [0.3, 0.4) is 0 Å². The molecule has 1 fully saturated rings. The molecule has 2 aromatic carbocycles. The number of anilines is 1. The number of carbonyl (C=O) groups excluding carboxylic acids is 1. The highest BCUT2D eigenvalue weighted by atomic mass is 35.5. The molecule has 1 aromatic heterocycles. The van der Waals surface area contributed by atoms with Gasteiger partial charge in [0, 0.05) is 15.7 Å². The topological polar surface area (TPSA) is 93.7 Å². The van der Waals surface area contributed by atoms with Crippen molar-refractivity contribution in [3.63, 3.8) is 0 Å². The van der Waals surface area contributed by atoms with Gasteiger partial charge < -0.3 is 20.1 Å². The fourth-order valence-corrected chi connectivity index (χ4v) is 4.41. The van der Waals surface area contributed by atoms with Gasteiger partial charge in [-0.2, -0.15) is 0 Å². The van der Waals surface area contributed by atoms with Crippen molar-refractivity contribution in [3.8, 4) is 11.4 Å². The summed E-state index contributed by atoms with van der Waals surface area (Å²) in [6, 6.07) is 11.9. The summed E-state index contributed by atoms with van der Waals surface area (Å²) in [7, 11) is 0. The minimum absolute atomic E-state index is 0.0483. The standard InChI is InChI=1S/C21H21Cl2N5O3S/c22-14-1-4-16(5-2-14)28-19(12-27-7-9-31-10-8-27)25-26-21(28)32-13-20(30)24-17-11-15(23)3-6-18(17)29/h1-6,11,29H,7-10,12-13H2,(H,24,30)/p+1. The van der Waals surface area contributed by atoms with Crippen LogP contribution in [0.2, 0.25) is 10.0 Å². The van der Waals surface area contributed by atoms with Crippen molar-refractivity contribution in [3.05, 3.63) is 58.3 Å². The summed E-state index contributed by atoms with van der Waals surface area (Å²) < 4.78 is 7.40. The molecule has 0 spiro atoms. The predicted molar refractivity (Wildman–Crippen MR) is 124 cm³/mol. The summed E-state index contributed by atoms with van der Waals surface area (Å²) in [6.07, 6.45) is 0. The number of morpholine rings is 1. The number of amides is 1. The van der Waals surface area contributed by atoms with E-state index in [9.17, 15) is 9.90 Å². The predicted octanol–water partition coefficient (Wildman–Crippen LogP) is 2.43. The van der Waals surface area contributed by atoms with E-state index >= 15 is 0 Å². The first-order valence-corrected chi connectivity index (χ1v) is 11.8. The van der Waals surface area contributed by atoms with Crippen LogP contribution < -0.4 is 10.2 Å². The smallest absolute Gasteiger partial charge is 0.234 e. The highest BCUT2D eigenvalue weighted by Gasteiger charge is 2.22. The van der Waals surface area contributed by atoms with Gasteiger partial charge in [0.15, 0.2) is 11.0 Å². The van der Waals surface area contributed by atoms with Gasteiger partial charge in [0.25, 0.3) is 0 Å². The minimum atomic E-state index is -0.293. The molecule has 3 N–H and O–H groups in total. The van der Waals surface area contributed by atoms with Gasteiger partial charge >= 0.3 is 0 Å². The van der Waals surface area contributed by atoms with Crippen LogP contribution in [0.4, 0.5) is 5.69 Å². The lowest BCUT2D eigenvalue weighted by atomic mass is 10.3. The minimum Gasteiger partial charge on any atom is -0.506 e. The van der Waals surface area contributed by atoms with E-state index in [0.29, 0.717) is 21.7 Å². The number of ether oxygens (including phenoxy) is 1. The van der Waals surface area contributed by atoms with Crippen LogP contribution in [-0.2, 0) is 16.1 Å². The molecule has 0 saturated carbocycles. The van der Waals surface area contributed by atoms with E-state index in [2.05, 4.69) is 15.5 Å². The maximum atomic E-state index is 12.5. The number of aromatic nitrogens is 3. The van der Waals surface area contributed by atoms with E-state index in [-0.39, 0.29) is 23.1 Å². The molecule has 1 saturated heterocycles. The van der Waals surface area contributed by atoms with Gasteiger partial charge in [-0.05, 0) is 42.5 Å². The molecule has 0 unspecified atom stereocenters. The average Bonchev–Trinajstić information content (AvgIpc) is 3.18. The third-order valence-electron chi connectivity index (χ3n) is 4.96. The fourth-order valence-electron chi connectivity index (χ4n) is 3.34. The zero-order chi connectivity index (χ0) is 22.5. The number of thioether (sulfide) groups is 1. The van der Waals surface area contributed by atoms with Crippen molar-refractivity contribution >= 4 is 46.6 Å². The van der Waals surface area contributed by atoms with E-state index in [4.69, 9.17) is 27.9 Å². The third-order valence-corrected chi connectivity index (χ3v) is 6.37. The van der Waals surface area contributed by atoms with Gasteiger partial charge in [0.05, 0.1) is 24.7 Å². The molecule has 0 aliphatic carbocycles. The van der Waals surface area contributed by atoms with E-state index < -0.39 is 0 Å². The average molecular weight is 495 g/mol. The van der Waals surface area contributed by atoms with Crippen molar-refractivity contribution in [2.75, 3.05) is 37.4 Å². The molecule has 8 nitrogen and oxygen atoms in total. The second-order valence-electron chi connectivity index (χ2n) is 7.25. The number of phenols is 1. The number of quaternary nitrogens is 1. The van der Waals surface area contributed by atoms with Crippen molar-refractivity contribution in [1.82, 2.24) is 14.8 Å². The van der Waals surface area contributed by atoms with Crippen LogP contribution in [0.5, 0.6) is 5.75 Å². The Hall–Kier alpha value is -2.30. The fraction of sp³-hybridized carbons (Fsp3) is 0.286. The van der Waals surface area contributed by atoms with Crippen LogP contribution in [0.15, 0.2) is 47.6 Å². The summed E-state index contributed by atoms with van der Waals surface area (Å²) in [5.74, 6) is 0.549. The Labute approximate surface area is 199 Å². The zero-order valence-corrected chi connectivity index (χ0v) is 19.4. The number of rotatable bonds is 7. The lowest BCUT2D eigenvalue weighted by Gasteiger charge is -2.23. The molecule has 1 amide bonds. The number of benzene rings is 2. The third kappa shape index (κ3) is 5.73. The molecule has 0 atom stereocenters. The molecule has 0 bridgehead atoms. The van der Waals surface area contributed by atoms with Crippen LogP contribution in [-0.4, -0.2) is 57.8 Å². The second kappa shape index (κ2) is 10.5. The molecule has 0 radical (unpaired) electrons. The van der Waals surface area contributed by atoms with Gasteiger partial charge in [-0.15, -0.1) is 10.2 Å². The number of phenolic OH excluding ortho intramolecular Hbond substituents is 1. The quantitative estimate of drug-likeness (QED) is 0.345. The van der Waals surface area contributed by atoms with Crippen LogP contribution in [0, 0.1) is 0 Å². The molecular formula is C21H22Cl2N5O3S+. The number of nitrogens with zero attached hydrogens (tertiary/aromatic N) is 3. The summed E-state index contributed by atoms with van der Waals surface area (Å²) in [4.78, 5) is 13.9. The largest absolute Gasteiger partial charge is 0.506 e. The molecule has 1 aliphatic heterocycles. The number of carbonyl (C=O) groups is 1. The highest BCUT2D eigenvalue weighted by molar-refractivity contribution is 7.99. The van der Waals surface area contributed by atoms with Crippen molar-refractivity contribution < 1.29 is 19.5 Å². The summed E-state index contributed by atoms with van der Waals surface area (Å²) in [6.45, 7) is 3.95. The first-order valence-electron chi connectivity index (χ1n) is 10.0. The van der Waals surface area contributed by atoms with Crippen LogP contribution in [0.1, 0.15) is 5.82 Å². The van der Waals surface area contributed by atoms with Gasteiger partial charge in [-0.1, -0.05) is 35.0 Å².